The Hall–Kier alpha value is -1.83. The summed E-state index contributed by atoms with van der Waals surface area (Å²) in [6.45, 7) is 7.58. The van der Waals surface area contributed by atoms with Crippen LogP contribution < -0.4 is 0 Å². The van der Waals surface area contributed by atoms with E-state index in [4.69, 9.17) is 4.74 Å². The normalized spacial score (nSPS) is 12.7. The Morgan fingerprint density at radius 3 is 2.37 bits per heavy atom. The number of rotatable bonds is 4. The molecule has 0 radical (unpaired) electrons. The molecule has 2 nitrogen and oxygen atoms in total. The molecule has 0 saturated heterocycles. The largest absolute Gasteiger partial charge is 0.426 e. The first-order valence-corrected chi connectivity index (χ1v) is 6.59. The second-order valence-electron chi connectivity index (χ2n) is 5.41. The molecule has 0 aliphatic rings. The van der Waals surface area contributed by atoms with E-state index in [2.05, 4.69) is 0 Å². The van der Waals surface area contributed by atoms with Crippen LogP contribution in [0.15, 0.2) is 48.2 Å². The Bertz CT molecular complexity index is 462. The molecule has 102 valence electrons. The lowest BCUT2D eigenvalue weighted by Crippen LogP contribution is -2.22. The van der Waals surface area contributed by atoms with E-state index >= 15 is 0 Å². The summed E-state index contributed by atoms with van der Waals surface area (Å²) in [6.07, 6.45) is 6.59. The predicted molar refractivity (Wildman–Crippen MR) is 79.4 cm³/mol. The number of hydrogen-bond acceptors (Lipinski definition) is 2. The van der Waals surface area contributed by atoms with E-state index in [1.54, 1.807) is 0 Å². The summed E-state index contributed by atoms with van der Waals surface area (Å²) in [5.41, 5.74) is 0.510. The minimum absolute atomic E-state index is 0.226. The van der Waals surface area contributed by atoms with Gasteiger partial charge in [0.1, 0.15) is 5.76 Å². The SMILES string of the molecule is CC/C=C/C(=C\c1ccccc1)OC(=O)C(C)(C)C. The van der Waals surface area contributed by atoms with Crippen LogP contribution in [-0.4, -0.2) is 5.97 Å². The van der Waals surface area contributed by atoms with Gasteiger partial charge in [-0.1, -0.05) is 43.3 Å². The van der Waals surface area contributed by atoms with Crippen LogP contribution in [0.3, 0.4) is 0 Å². The van der Waals surface area contributed by atoms with Crippen LogP contribution in [0.2, 0.25) is 0 Å². The van der Waals surface area contributed by atoms with Crippen LogP contribution in [0.1, 0.15) is 39.7 Å². The highest BCUT2D eigenvalue weighted by Crippen LogP contribution is 2.19. The van der Waals surface area contributed by atoms with Gasteiger partial charge in [-0.25, -0.2) is 0 Å². The van der Waals surface area contributed by atoms with Crippen molar-refractivity contribution in [1.82, 2.24) is 0 Å². The molecule has 0 N–H and O–H groups in total. The van der Waals surface area contributed by atoms with E-state index in [1.807, 2.05) is 76.3 Å². The highest BCUT2D eigenvalue weighted by atomic mass is 16.5. The van der Waals surface area contributed by atoms with E-state index < -0.39 is 5.41 Å². The maximum atomic E-state index is 11.9. The summed E-state index contributed by atoms with van der Waals surface area (Å²) in [6, 6.07) is 9.83. The van der Waals surface area contributed by atoms with Crippen molar-refractivity contribution in [2.24, 2.45) is 5.41 Å². The molecule has 0 saturated carbocycles. The van der Waals surface area contributed by atoms with Crippen molar-refractivity contribution in [2.75, 3.05) is 0 Å². The number of carbonyl (C=O) groups excluding carboxylic acids is 1. The number of hydrogen-bond donors (Lipinski definition) is 0. The number of benzene rings is 1. The fourth-order valence-corrected chi connectivity index (χ4v) is 1.32. The Balaban J connectivity index is 2.93. The van der Waals surface area contributed by atoms with Crippen molar-refractivity contribution < 1.29 is 9.53 Å². The maximum Gasteiger partial charge on any atom is 0.316 e. The van der Waals surface area contributed by atoms with Gasteiger partial charge in [0, 0.05) is 0 Å². The summed E-state index contributed by atoms with van der Waals surface area (Å²) >= 11 is 0. The van der Waals surface area contributed by atoms with Gasteiger partial charge >= 0.3 is 5.97 Å². The molecule has 19 heavy (non-hydrogen) atoms. The smallest absolute Gasteiger partial charge is 0.316 e. The number of carbonyl (C=O) groups is 1. The van der Waals surface area contributed by atoms with Crippen LogP contribution in [-0.2, 0) is 9.53 Å². The van der Waals surface area contributed by atoms with Crippen molar-refractivity contribution in [3.8, 4) is 0 Å². The molecule has 0 amide bonds. The average Bonchev–Trinajstić information content (AvgIpc) is 2.36. The average molecular weight is 258 g/mol. The molecule has 0 bridgehead atoms. The molecule has 1 aromatic rings. The van der Waals surface area contributed by atoms with Gasteiger partial charge in [0.15, 0.2) is 0 Å². The zero-order valence-corrected chi connectivity index (χ0v) is 12.1. The zero-order chi connectivity index (χ0) is 14.3. The van der Waals surface area contributed by atoms with Gasteiger partial charge in [0.05, 0.1) is 5.41 Å². The first-order valence-electron chi connectivity index (χ1n) is 6.59. The molecule has 0 fully saturated rings. The lowest BCUT2D eigenvalue weighted by molar-refractivity contribution is -0.147. The van der Waals surface area contributed by atoms with Crippen molar-refractivity contribution >= 4 is 12.0 Å². The van der Waals surface area contributed by atoms with E-state index in [0.717, 1.165) is 12.0 Å². The molecule has 0 heterocycles. The Labute approximate surface area is 115 Å². The highest BCUT2D eigenvalue weighted by Gasteiger charge is 2.23. The molecule has 0 aromatic heterocycles. The summed E-state index contributed by atoms with van der Waals surface area (Å²) in [5.74, 6) is 0.350. The van der Waals surface area contributed by atoms with Crippen molar-refractivity contribution in [3.05, 3.63) is 53.8 Å². The third-order valence-corrected chi connectivity index (χ3v) is 2.45. The molecular weight excluding hydrogens is 236 g/mol. The topological polar surface area (TPSA) is 26.3 Å². The summed E-state index contributed by atoms with van der Waals surface area (Å²) in [4.78, 5) is 11.9. The fourth-order valence-electron chi connectivity index (χ4n) is 1.32. The molecule has 0 aliphatic carbocycles. The summed E-state index contributed by atoms with van der Waals surface area (Å²) in [5, 5.41) is 0. The molecule has 1 aromatic carbocycles. The number of ether oxygens (including phenoxy) is 1. The van der Waals surface area contributed by atoms with E-state index in [1.165, 1.54) is 0 Å². The fraction of sp³-hybridized carbons (Fsp3) is 0.353. The first-order chi connectivity index (χ1) is 8.93. The summed E-state index contributed by atoms with van der Waals surface area (Å²) in [7, 11) is 0. The van der Waals surface area contributed by atoms with Crippen molar-refractivity contribution in [2.45, 2.75) is 34.1 Å². The number of esters is 1. The first kappa shape index (κ1) is 15.2. The van der Waals surface area contributed by atoms with Crippen LogP contribution >= 0.6 is 0 Å². The molecular formula is C17H22O2. The molecule has 2 heteroatoms. The maximum absolute atomic E-state index is 11.9. The zero-order valence-electron chi connectivity index (χ0n) is 12.1. The minimum Gasteiger partial charge on any atom is -0.426 e. The second-order valence-corrected chi connectivity index (χ2v) is 5.41. The molecule has 1 rings (SSSR count). The van der Waals surface area contributed by atoms with Gasteiger partial charge in [-0.15, -0.1) is 0 Å². The van der Waals surface area contributed by atoms with E-state index in [0.29, 0.717) is 5.76 Å². The predicted octanol–water partition coefficient (Wildman–Crippen LogP) is 4.58. The lowest BCUT2D eigenvalue weighted by Gasteiger charge is -2.16. The third-order valence-electron chi connectivity index (χ3n) is 2.45. The van der Waals surface area contributed by atoms with Gasteiger partial charge < -0.3 is 4.74 Å². The molecule has 0 unspecified atom stereocenters. The van der Waals surface area contributed by atoms with Gasteiger partial charge in [0.25, 0.3) is 0 Å². The molecule has 0 aliphatic heterocycles. The van der Waals surface area contributed by atoms with E-state index in [9.17, 15) is 4.79 Å². The molecule has 0 spiro atoms. The summed E-state index contributed by atoms with van der Waals surface area (Å²) < 4.78 is 5.46. The molecule has 0 atom stereocenters. The quantitative estimate of drug-likeness (QED) is 0.449. The van der Waals surface area contributed by atoms with Crippen molar-refractivity contribution in [1.29, 1.82) is 0 Å². The van der Waals surface area contributed by atoms with Crippen molar-refractivity contribution in [3.63, 3.8) is 0 Å². The lowest BCUT2D eigenvalue weighted by atomic mass is 9.97. The standard InChI is InChI=1S/C17H22O2/c1-5-6-12-15(19-16(18)17(2,3)4)13-14-10-8-7-9-11-14/h6-13H,5H2,1-4H3/b12-6+,15-13+. The van der Waals surface area contributed by atoms with Gasteiger partial charge in [-0.3, -0.25) is 4.79 Å². The third kappa shape index (κ3) is 5.56. The van der Waals surface area contributed by atoms with E-state index in [-0.39, 0.29) is 5.97 Å². The Morgan fingerprint density at radius 2 is 1.84 bits per heavy atom. The Kier molecular flexibility index (Phi) is 5.56. The van der Waals surface area contributed by atoms with Crippen LogP contribution in [0.25, 0.3) is 6.08 Å². The minimum atomic E-state index is -0.504. The monoisotopic (exact) mass is 258 g/mol. The van der Waals surface area contributed by atoms with Crippen LogP contribution in [0.4, 0.5) is 0 Å². The second kappa shape index (κ2) is 6.93. The van der Waals surface area contributed by atoms with Gasteiger partial charge in [0.2, 0.25) is 0 Å². The Morgan fingerprint density at radius 1 is 1.21 bits per heavy atom. The van der Waals surface area contributed by atoms with Crippen LogP contribution in [0.5, 0.6) is 0 Å². The van der Waals surface area contributed by atoms with Crippen LogP contribution in [0, 0.1) is 5.41 Å². The highest BCUT2D eigenvalue weighted by molar-refractivity contribution is 5.77. The van der Waals surface area contributed by atoms with Gasteiger partial charge in [-0.2, -0.15) is 0 Å². The number of allylic oxidation sites excluding steroid dienone is 2. The van der Waals surface area contributed by atoms with Gasteiger partial charge in [-0.05, 0) is 44.9 Å².